The van der Waals surface area contributed by atoms with Gasteiger partial charge in [0.2, 0.25) is 0 Å². The fourth-order valence-electron chi connectivity index (χ4n) is 2.62. The molecular weight excluding hydrogens is 262 g/mol. The van der Waals surface area contributed by atoms with Crippen LogP contribution in [-0.2, 0) is 4.74 Å². The molecule has 3 nitrogen and oxygen atoms in total. The zero-order chi connectivity index (χ0) is 15.9. The number of benzene rings is 1. The van der Waals surface area contributed by atoms with Crippen molar-refractivity contribution in [2.24, 2.45) is 5.41 Å². The molecule has 0 fully saturated rings. The van der Waals surface area contributed by atoms with Crippen molar-refractivity contribution >= 4 is 0 Å². The summed E-state index contributed by atoms with van der Waals surface area (Å²) in [6.45, 7) is 11.2. The number of hydrogen-bond donors (Lipinski definition) is 1. The largest absolute Gasteiger partial charge is 0.388 e. The van der Waals surface area contributed by atoms with Crippen LogP contribution in [0.2, 0.25) is 0 Å². The Morgan fingerprint density at radius 1 is 1.24 bits per heavy atom. The molecule has 120 valence electrons. The Morgan fingerprint density at radius 3 is 2.38 bits per heavy atom. The molecule has 0 spiro atoms. The molecule has 0 aliphatic carbocycles. The third-order valence-corrected chi connectivity index (χ3v) is 4.26. The van der Waals surface area contributed by atoms with E-state index in [2.05, 4.69) is 32.6 Å². The van der Waals surface area contributed by atoms with Gasteiger partial charge in [0.05, 0.1) is 12.7 Å². The summed E-state index contributed by atoms with van der Waals surface area (Å²) in [7, 11) is 1.73. The minimum Gasteiger partial charge on any atom is -0.388 e. The second-order valence-corrected chi connectivity index (χ2v) is 6.52. The van der Waals surface area contributed by atoms with Crippen molar-refractivity contribution in [2.45, 2.75) is 46.3 Å². The maximum atomic E-state index is 10.7. The molecule has 1 rings (SSSR count). The number of hydrogen-bond acceptors (Lipinski definition) is 3. The molecule has 0 saturated heterocycles. The lowest BCUT2D eigenvalue weighted by Crippen LogP contribution is -2.44. The van der Waals surface area contributed by atoms with Crippen molar-refractivity contribution in [3.63, 3.8) is 0 Å². The first-order chi connectivity index (χ1) is 9.92. The van der Waals surface area contributed by atoms with E-state index in [0.717, 1.165) is 31.7 Å². The summed E-state index contributed by atoms with van der Waals surface area (Å²) >= 11 is 0. The summed E-state index contributed by atoms with van der Waals surface area (Å²) in [4.78, 5) is 2.41. The molecule has 2 atom stereocenters. The van der Waals surface area contributed by atoms with Gasteiger partial charge in [-0.15, -0.1) is 0 Å². The van der Waals surface area contributed by atoms with Crippen molar-refractivity contribution in [3.05, 3.63) is 35.9 Å². The molecule has 1 aromatic rings. The molecule has 0 heterocycles. The van der Waals surface area contributed by atoms with E-state index in [1.165, 1.54) is 0 Å². The second-order valence-electron chi connectivity index (χ2n) is 6.52. The highest BCUT2D eigenvalue weighted by atomic mass is 16.5. The smallest absolute Gasteiger partial charge is 0.0853 e. The van der Waals surface area contributed by atoms with Gasteiger partial charge in [-0.25, -0.2) is 0 Å². The van der Waals surface area contributed by atoms with Gasteiger partial charge in [0.25, 0.3) is 0 Å². The number of aliphatic hydroxyl groups is 1. The van der Waals surface area contributed by atoms with E-state index in [1.54, 1.807) is 7.11 Å². The maximum absolute atomic E-state index is 10.7. The SMILES string of the molecule is CCC(C)N(CCOC)CC(C)(C)C(O)c1ccccc1. The van der Waals surface area contributed by atoms with Crippen molar-refractivity contribution in [2.75, 3.05) is 26.8 Å². The molecule has 0 amide bonds. The molecule has 0 aliphatic heterocycles. The van der Waals surface area contributed by atoms with Gasteiger partial charge in [0, 0.05) is 31.7 Å². The third kappa shape index (κ3) is 5.42. The van der Waals surface area contributed by atoms with Crippen LogP contribution in [0.3, 0.4) is 0 Å². The van der Waals surface area contributed by atoms with E-state index in [-0.39, 0.29) is 5.41 Å². The predicted molar refractivity (Wildman–Crippen MR) is 88.4 cm³/mol. The Bertz CT molecular complexity index is 391. The first-order valence-corrected chi connectivity index (χ1v) is 7.88. The summed E-state index contributed by atoms with van der Waals surface area (Å²) in [5.41, 5.74) is 0.775. The van der Waals surface area contributed by atoms with Gasteiger partial charge in [0.15, 0.2) is 0 Å². The van der Waals surface area contributed by atoms with Crippen molar-refractivity contribution in [3.8, 4) is 0 Å². The van der Waals surface area contributed by atoms with Crippen molar-refractivity contribution in [1.82, 2.24) is 4.90 Å². The minimum atomic E-state index is -0.465. The van der Waals surface area contributed by atoms with E-state index >= 15 is 0 Å². The lowest BCUT2D eigenvalue weighted by atomic mass is 9.81. The quantitative estimate of drug-likeness (QED) is 0.756. The molecule has 1 N–H and O–H groups in total. The monoisotopic (exact) mass is 293 g/mol. The molecular formula is C18H31NO2. The molecule has 0 aliphatic rings. The molecule has 1 aromatic carbocycles. The lowest BCUT2D eigenvalue weighted by Gasteiger charge is -2.39. The Kier molecular flexibility index (Phi) is 7.36. The van der Waals surface area contributed by atoms with Gasteiger partial charge < -0.3 is 9.84 Å². The normalized spacial score (nSPS) is 15.2. The van der Waals surface area contributed by atoms with Gasteiger partial charge >= 0.3 is 0 Å². The van der Waals surface area contributed by atoms with E-state index in [0.29, 0.717) is 6.04 Å². The van der Waals surface area contributed by atoms with E-state index in [1.807, 2.05) is 30.3 Å². The molecule has 0 saturated carbocycles. The minimum absolute atomic E-state index is 0.210. The van der Waals surface area contributed by atoms with E-state index < -0.39 is 6.10 Å². The molecule has 21 heavy (non-hydrogen) atoms. The summed E-state index contributed by atoms with van der Waals surface area (Å²) in [5.74, 6) is 0. The Labute approximate surface area is 129 Å². The summed E-state index contributed by atoms with van der Waals surface area (Å²) < 4.78 is 5.22. The second kappa shape index (κ2) is 8.52. The van der Waals surface area contributed by atoms with Crippen LogP contribution >= 0.6 is 0 Å². The third-order valence-electron chi connectivity index (χ3n) is 4.26. The van der Waals surface area contributed by atoms with Crippen LogP contribution in [0.4, 0.5) is 0 Å². The number of nitrogens with zero attached hydrogens (tertiary/aromatic N) is 1. The van der Waals surface area contributed by atoms with Crippen LogP contribution in [0, 0.1) is 5.41 Å². The standard InChI is InChI=1S/C18H31NO2/c1-6-15(2)19(12-13-21-5)14-18(3,4)17(20)16-10-8-7-9-11-16/h7-11,15,17,20H,6,12-14H2,1-5H3. The topological polar surface area (TPSA) is 32.7 Å². The lowest BCUT2D eigenvalue weighted by molar-refractivity contribution is 0.00360. The summed E-state index contributed by atoms with van der Waals surface area (Å²) in [5, 5.41) is 10.7. The van der Waals surface area contributed by atoms with Crippen molar-refractivity contribution in [1.29, 1.82) is 0 Å². The van der Waals surface area contributed by atoms with Gasteiger partial charge in [-0.05, 0) is 18.9 Å². The first-order valence-electron chi connectivity index (χ1n) is 7.88. The Morgan fingerprint density at radius 2 is 1.86 bits per heavy atom. The van der Waals surface area contributed by atoms with E-state index in [4.69, 9.17) is 4.74 Å². The van der Waals surface area contributed by atoms with Gasteiger partial charge in [-0.2, -0.15) is 0 Å². The van der Waals surface area contributed by atoms with Crippen LogP contribution < -0.4 is 0 Å². The number of rotatable bonds is 9. The molecule has 0 bridgehead atoms. The highest BCUT2D eigenvalue weighted by Gasteiger charge is 2.32. The Hall–Kier alpha value is -0.900. The number of aliphatic hydroxyl groups excluding tert-OH is 1. The average Bonchev–Trinajstić information content (AvgIpc) is 2.50. The van der Waals surface area contributed by atoms with Crippen LogP contribution in [-0.4, -0.2) is 42.9 Å². The van der Waals surface area contributed by atoms with Gasteiger partial charge in [0.1, 0.15) is 0 Å². The summed E-state index contributed by atoms with van der Waals surface area (Å²) in [6, 6.07) is 10.4. The zero-order valence-electron chi connectivity index (χ0n) is 14.2. The predicted octanol–water partition coefficient (Wildman–Crippen LogP) is 3.49. The van der Waals surface area contributed by atoms with Gasteiger partial charge in [-0.1, -0.05) is 51.1 Å². The Balaban J connectivity index is 2.79. The molecule has 2 unspecified atom stereocenters. The molecule has 0 aromatic heterocycles. The summed E-state index contributed by atoms with van der Waals surface area (Å²) in [6.07, 6.45) is 0.633. The van der Waals surface area contributed by atoms with Gasteiger partial charge in [-0.3, -0.25) is 4.90 Å². The van der Waals surface area contributed by atoms with Crippen LogP contribution in [0.5, 0.6) is 0 Å². The zero-order valence-corrected chi connectivity index (χ0v) is 14.2. The first kappa shape index (κ1) is 18.1. The maximum Gasteiger partial charge on any atom is 0.0853 e. The van der Waals surface area contributed by atoms with Crippen LogP contribution in [0.1, 0.15) is 45.8 Å². The highest BCUT2D eigenvalue weighted by molar-refractivity contribution is 5.19. The fraction of sp³-hybridized carbons (Fsp3) is 0.667. The number of methoxy groups -OCH3 is 1. The molecule has 3 heteroatoms. The highest BCUT2D eigenvalue weighted by Crippen LogP contribution is 2.34. The average molecular weight is 293 g/mol. The van der Waals surface area contributed by atoms with Crippen molar-refractivity contribution < 1.29 is 9.84 Å². The molecule has 0 radical (unpaired) electrons. The van der Waals surface area contributed by atoms with Crippen LogP contribution in [0.15, 0.2) is 30.3 Å². The van der Waals surface area contributed by atoms with Crippen LogP contribution in [0.25, 0.3) is 0 Å². The van der Waals surface area contributed by atoms with E-state index in [9.17, 15) is 5.11 Å². The fourth-order valence-corrected chi connectivity index (χ4v) is 2.62. The number of ether oxygens (including phenoxy) is 1.